The number of hydrogen-bond acceptors (Lipinski definition) is 5. The highest BCUT2D eigenvalue weighted by atomic mass is 16.5. The van der Waals surface area contributed by atoms with E-state index in [0.29, 0.717) is 37.6 Å². The van der Waals surface area contributed by atoms with Crippen LogP contribution in [-0.2, 0) is 11.3 Å². The topological polar surface area (TPSA) is 70.2 Å². The maximum Gasteiger partial charge on any atom is 0.261 e. The molecule has 0 N–H and O–H groups in total. The van der Waals surface area contributed by atoms with Gasteiger partial charge in [-0.25, -0.2) is 0 Å². The first-order valence-corrected chi connectivity index (χ1v) is 19.5. The highest BCUT2D eigenvalue weighted by Crippen LogP contribution is 2.45. The zero-order chi connectivity index (χ0) is 35.5. The first kappa shape index (κ1) is 35.3. The summed E-state index contributed by atoms with van der Waals surface area (Å²) in [7, 11) is 4.12. The molecule has 2 aliphatic heterocycles. The van der Waals surface area contributed by atoms with Gasteiger partial charge in [-0.2, -0.15) is 0 Å². The highest BCUT2D eigenvalue weighted by molar-refractivity contribution is 6.39. The standard InChI is InChI=1S/C44H53N3O4/c1-4-5-6-7-8-9-10-11-12-15-26-46-29-51-28-30-17-18-31-33-20-23-36-41-37(44(50)47(43(36)49)27-16-13-14-25-45(2)3)24-21-34(40(33)41)32-19-22-35(42(46)48)38(30)39(31)32/h17-24H,4-16,25-29H2,1-3H3. The number of nitrogens with zero attached hydrogens (tertiary/aromatic N) is 3. The predicted molar refractivity (Wildman–Crippen MR) is 208 cm³/mol. The minimum absolute atomic E-state index is 0.0182. The van der Waals surface area contributed by atoms with Crippen molar-refractivity contribution in [3.8, 4) is 0 Å². The van der Waals surface area contributed by atoms with Crippen LogP contribution >= 0.6 is 0 Å². The zero-order valence-corrected chi connectivity index (χ0v) is 30.8. The van der Waals surface area contributed by atoms with Crippen molar-refractivity contribution in [2.24, 2.45) is 0 Å². The van der Waals surface area contributed by atoms with Crippen molar-refractivity contribution in [3.63, 3.8) is 0 Å². The number of hydrogen-bond donors (Lipinski definition) is 0. The lowest BCUT2D eigenvalue weighted by molar-refractivity contribution is 0.0159. The second-order valence-electron chi connectivity index (χ2n) is 15.1. The van der Waals surface area contributed by atoms with Crippen molar-refractivity contribution in [1.82, 2.24) is 14.7 Å². The van der Waals surface area contributed by atoms with Gasteiger partial charge in [0, 0.05) is 40.6 Å². The van der Waals surface area contributed by atoms with E-state index < -0.39 is 0 Å². The van der Waals surface area contributed by atoms with Crippen LogP contribution < -0.4 is 0 Å². The Morgan fingerprint density at radius 2 is 1.04 bits per heavy atom. The van der Waals surface area contributed by atoms with Crippen LogP contribution in [0.4, 0.5) is 0 Å². The van der Waals surface area contributed by atoms with E-state index in [2.05, 4.69) is 44.1 Å². The van der Waals surface area contributed by atoms with Gasteiger partial charge in [0.2, 0.25) is 0 Å². The van der Waals surface area contributed by atoms with Gasteiger partial charge in [-0.3, -0.25) is 19.3 Å². The number of imide groups is 1. The fraction of sp³-hybridized carbons (Fsp3) is 0.477. The Labute approximate surface area is 302 Å². The van der Waals surface area contributed by atoms with Gasteiger partial charge in [-0.15, -0.1) is 0 Å². The molecular formula is C44H53N3O4. The first-order chi connectivity index (χ1) is 24.9. The Morgan fingerprint density at radius 3 is 1.63 bits per heavy atom. The van der Waals surface area contributed by atoms with E-state index in [1.807, 2.05) is 35.2 Å². The SMILES string of the molecule is CCCCCCCCCCCCN1COCc2ccc3c4ccc5c6c(ccc(c7ccc(c2c37)C1=O)c64)C(=O)N(CCCCCN(C)C)C5=O. The number of unbranched alkanes of at least 4 members (excludes halogenated alkanes) is 11. The van der Waals surface area contributed by atoms with Gasteiger partial charge in [-0.1, -0.05) is 101 Å². The molecule has 0 spiro atoms. The van der Waals surface area contributed by atoms with Crippen LogP contribution in [0.3, 0.4) is 0 Å². The van der Waals surface area contributed by atoms with Crippen LogP contribution in [-0.4, -0.2) is 72.9 Å². The number of carbonyl (C=O) groups excluding carboxylic acids is 3. The Morgan fingerprint density at radius 1 is 0.549 bits per heavy atom. The van der Waals surface area contributed by atoms with Gasteiger partial charge < -0.3 is 14.5 Å². The Kier molecular flexibility index (Phi) is 10.9. The van der Waals surface area contributed by atoms with Crippen LogP contribution in [0.2, 0.25) is 0 Å². The van der Waals surface area contributed by atoms with E-state index in [4.69, 9.17) is 4.74 Å². The number of amides is 3. The fourth-order valence-electron chi connectivity index (χ4n) is 8.53. The smallest absolute Gasteiger partial charge is 0.261 e. The van der Waals surface area contributed by atoms with Crippen molar-refractivity contribution < 1.29 is 19.1 Å². The summed E-state index contributed by atoms with van der Waals surface area (Å²) >= 11 is 0. The summed E-state index contributed by atoms with van der Waals surface area (Å²) < 4.78 is 6.17. The summed E-state index contributed by atoms with van der Waals surface area (Å²) in [5.74, 6) is -0.403. The number of fused-ring (bicyclic) bond motifs is 2. The second kappa shape index (κ2) is 15.7. The molecule has 51 heavy (non-hydrogen) atoms. The lowest BCUT2D eigenvalue weighted by Gasteiger charge is -2.29. The predicted octanol–water partition coefficient (Wildman–Crippen LogP) is 9.92. The molecule has 5 aromatic carbocycles. The average Bonchev–Trinajstić information content (AvgIpc) is 3.13. The van der Waals surface area contributed by atoms with Crippen LogP contribution in [0.5, 0.6) is 0 Å². The average molecular weight is 688 g/mol. The molecule has 5 aromatic rings. The second-order valence-corrected chi connectivity index (χ2v) is 15.1. The Balaban J connectivity index is 1.16. The molecule has 268 valence electrons. The maximum absolute atomic E-state index is 14.2. The summed E-state index contributed by atoms with van der Waals surface area (Å²) in [5.41, 5.74) is 2.92. The molecule has 0 radical (unpaired) electrons. The van der Waals surface area contributed by atoms with Gasteiger partial charge in [0.1, 0.15) is 6.73 Å². The lowest BCUT2D eigenvalue weighted by Crippen LogP contribution is -2.40. The third kappa shape index (κ3) is 6.83. The zero-order valence-electron chi connectivity index (χ0n) is 30.8. The molecule has 0 atom stereocenters. The minimum Gasteiger partial charge on any atom is -0.356 e. The van der Waals surface area contributed by atoms with Crippen LogP contribution in [0.25, 0.3) is 43.1 Å². The molecule has 2 heterocycles. The van der Waals surface area contributed by atoms with Crippen molar-refractivity contribution >= 4 is 60.8 Å². The van der Waals surface area contributed by atoms with E-state index >= 15 is 0 Å². The van der Waals surface area contributed by atoms with E-state index in [9.17, 15) is 14.4 Å². The summed E-state index contributed by atoms with van der Waals surface area (Å²) in [6, 6.07) is 16.2. The van der Waals surface area contributed by atoms with Crippen LogP contribution in [0, 0.1) is 0 Å². The number of benzene rings is 5. The van der Waals surface area contributed by atoms with Crippen LogP contribution in [0.15, 0.2) is 48.5 Å². The number of carbonyl (C=O) groups is 3. The Hall–Kier alpha value is -4.07. The van der Waals surface area contributed by atoms with Crippen molar-refractivity contribution in [2.45, 2.75) is 97.0 Å². The normalized spacial score (nSPS) is 15.0. The number of rotatable bonds is 17. The van der Waals surface area contributed by atoms with Crippen molar-refractivity contribution in [2.75, 3.05) is 40.5 Å². The third-order valence-corrected chi connectivity index (χ3v) is 11.2. The summed E-state index contributed by atoms with van der Waals surface area (Å²) in [6.07, 6.45) is 15.3. The summed E-state index contributed by atoms with van der Waals surface area (Å²) in [4.78, 5) is 47.4. The van der Waals surface area contributed by atoms with Gasteiger partial charge in [-0.05, 0) is 96.0 Å². The van der Waals surface area contributed by atoms with E-state index in [1.165, 1.54) is 56.3 Å². The van der Waals surface area contributed by atoms with E-state index in [0.717, 1.165) is 92.9 Å². The van der Waals surface area contributed by atoms with Gasteiger partial charge >= 0.3 is 0 Å². The molecule has 7 rings (SSSR count). The molecule has 0 saturated carbocycles. The largest absolute Gasteiger partial charge is 0.356 e. The number of ether oxygens (including phenoxy) is 1. The van der Waals surface area contributed by atoms with E-state index in [-0.39, 0.29) is 17.7 Å². The fourth-order valence-corrected chi connectivity index (χ4v) is 8.53. The van der Waals surface area contributed by atoms with Crippen molar-refractivity contribution in [1.29, 1.82) is 0 Å². The third-order valence-electron chi connectivity index (χ3n) is 11.2. The molecule has 0 aromatic heterocycles. The molecule has 0 bridgehead atoms. The van der Waals surface area contributed by atoms with Crippen molar-refractivity contribution in [3.05, 3.63) is 70.8 Å². The maximum atomic E-state index is 14.2. The molecule has 3 amide bonds. The molecule has 7 nitrogen and oxygen atoms in total. The van der Waals surface area contributed by atoms with Gasteiger partial charge in [0.25, 0.3) is 17.7 Å². The molecule has 0 unspecified atom stereocenters. The monoisotopic (exact) mass is 687 g/mol. The molecule has 0 saturated heterocycles. The highest BCUT2D eigenvalue weighted by Gasteiger charge is 2.34. The first-order valence-electron chi connectivity index (χ1n) is 19.5. The molecule has 2 aliphatic rings. The minimum atomic E-state index is -0.210. The summed E-state index contributed by atoms with van der Waals surface area (Å²) in [6.45, 7) is 5.10. The Bertz CT molecular complexity index is 2000. The van der Waals surface area contributed by atoms with Gasteiger partial charge in [0.15, 0.2) is 0 Å². The molecule has 0 fully saturated rings. The van der Waals surface area contributed by atoms with Gasteiger partial charge in [0.05, 0.1) is 6.61 Å². The van der Waals surface area contributed by atoms with Crippen LogP contribution in [0.1, 0.15) is 127 Å². The molecular weight excluding hydrogens is 635 g/mol. The quantitative estimate of drug-likeness (QED) is 0.0421. The molecule has 0 aliphatic carbocycles. The van der Waals surface area contributed by atoms with E-state index in [1.54, 1.807) is 0 Å². The molecule has 7 heteroatoms. The summed E-state index contributed by atoms with van der Waals surface area (Å²) in [5, 5.41) is 7.75. The lowest BCUT2D eigenvalue weighted by atomic mass is 9.83.